The number of carboxylic acids is 1. The van der Waals surface area contributed by atoms with Gasteiger partial charge in [0.15, 0.2) is 17.2 Å². The molecule has 30 heavy (non-hydrogen) atoms. The fraction of sp³-hybridized carbons (Fsp3) is 0.739. The third kappa shape index (κ3) is 1.80. The van der Waals surface area contributed by atoms with Crippen LogP contribution < -0.4 is 0 Å². The van der Waals surface area contributed by atoms with Gasteiger partial charge in [-0.1, -0.05) is 13.0 Å². The van der Waals surface area contributed by atoms with E-state index >= 15 is 4.39 Å². The van der Waals surface area contributed by atoms with Gasteiger partial charge in [0.1, 0.15) is 17.9 Å². The number of halogens is 1. The molecule has 0 unspecified atom stereocenters. The maximum atomic E-state index is 15.5. The number of epoxide rings is 1. The van der Waals surface area contributed by atoms with Crippen molar-refractivity contribution in [2.24, 2.45) is 22.7 Å². The Bertz CT molecular complexity index is 955. The normalized spacial score (nSPS) is 56.9. The van der Waals surface area contributed by atoms with E-state index < -0.39 is 46.1 Å². The molecule has 0 bridgehead atoms. The van der Waals surface area contributed by atoms with E-state index in [1.807, 2.05) is 19.9 Å². The van der Waals surface area contributed by atoms with Crippen molar-refractivity contribution >= 4 is 11.8 Å². The summed E-state index contributed by atoms with van der Waals surface area (Å²) in [6.07, 6.45) is 3.94. The number of ether oxygens (including phenoxy) is 3. The summed E-state index contributed by atoms with van der Waals surface area (Å²) in [4.78, 5) is 24.6. The lowest BCUT2D eigenvalue weighted by Crippen LogP contribution is -2.64. The van der Waals surface area contributed by atoms with Crippen molar-refractivity contribution in [2.75, 3.05) is 0 Å². The predicted molar refractivity (Wildman–Crippen MR) is 102 cm³/mol. The molecule has 1 N–H and O–H groups in total. The number of rotatable bonds is 1. The Hall–Kier alpha value is -1.57. The second-order valence-corrected chi connectivity index (χ2v) is 10.9. The lowest BCUT2D eigenvalue weighted by Gasteiger charge is -2.56. The summed E-state index contributed by atoms with van der Waals surface area (Å²) >= 11 is 0. The molecule has 9 atom stereocenters. The smallest absolute Gasteiger partial charge is 0.339 e. The highest BCUT2D eigenvalue weighted by Gasteiger charge is 2.85. The summed E-state index contributed by atoms with van der Waals surface area (Å²) < 4.78 is 34.1. The summed E-state index contributed by atoms with van der Waals surface area (Å²) in [6, 6.07) is 0. The zero-order valence-electron chi connectivity index (χ0n) is 17.6. The number of carbonyl (C=O) groups is 2. The highest BCUT2D eigenvalue weighted by Crippen LogP contribution is 2.77. The van der Waals surface area contributed by atoms with Gasteiger partial charge in [-0.15, -0.1) is 0 Å². The zero-order valence-corrected chi connectivity index (χ0v) is 17.6. The van der Waals surface area contributed by atoms with E-state index in [1.165, 1.54) is 12.2 Å². The summed E-state index contributed by atoms with van der Waals surface area (Å²) in [6.45, 7) is 7.41. The molecule has 5 fully saturated rings. The van der Waals surface area contributed by atoms with Crippen LogP contribution in [0.5, 0.6) is 0 Å². The molecule has 2 heterocycles. The molecular formula is C23H27FO6. The van der Waals surface area contributed by atoms with Crippen molar-refractivity contribution in [3.8, 4) is 0 Å². The Morgan fingerprint density at radius 2 is 1.87 bits per heavy atom. The number of carboxylic acid groups (broad SMARTS) is 1. The van der Waals surface area contributed by atoms with Crippen molar-refractivity contribution in [3.63, 3.8) is 0 Å². The minimum atomic E-state index is -1.47. The van der Waals surface area contributed by atoms with Crippen LogP contribution in [0.15, 0.2) is 23.8 Å². The molecule has 0 aromatic carbocycles. The number of hydrogen-bond acceptors (Lipinski definition) is 5. The standard InChI is InChI=1S/C23H27FO6/c1-19(2)28-16-9-12-13-8-15(24)14-7-11(25)5-6-20(14,3)22(13)17(29-22)10-21(12,4)23(16,30-19)18(26)27/h5-7,12-13,15-17H,8-10H2,1-4H3,(H,26,27)/t12-,13-,15-,16+,17-,20-,21-,22+,23-/m0/s1. The molecule has 0 radical (unpaired) electrons. The summed E-state index contributed by atoms with van der Waals surface area (Å²) in [5, 5.41) is 10.3. The molecule has 162 valence electrons. The van der Waals surface area contributed by atoms with E-state index in [0.29, 0.717) is 18.4 Å². The predicted octanol–water partition coefficient (Wildman–Crippen LogP) is 2.96. The zero-order chi connectivity index (χ0) is 21.5. The number of allylic oxidation sites excluding steroid dienone is 2. The van der Waals surface area contributed by atoms with Gasteiger partial charge in [0, 0.05) is 10.8 Å². The summed E-state index contributed by atoms with van der Waals surface area (Å²) in [7, 11) is 0. The van der Waals surface area contributed by atoms with Gasteiger partial charge < -0.3 is 19.3 Å². The van der Waals surface area contributed by atoms with Gasteiger partial charge >= 0.3 is 5.97 Å². The fourth-order valence-corrected chi connectivity index (χ4v) is 8.11. The summed E-state index contributed by atoms with van der Waals surface area (Å²) in [5.41, 5.74) is -3.02. The van der Waals surface area contributed by atoms with Crippen molar-refractivity contribution in [1.82, 2.24) is 0 Å². The second-order valence-electron chi connectivity index (χ2n) is 10.9. The molecule has 0 amide bonds. The van der Waals surface area contributed by atoms with Crippen LogP contribution in [-0.2, 0) is 23.8 Å². The number of ketones is 1. The fourth-order valence-electron chi connectivity index (χ4n) is 8.11. The third-order valence-electron chi connectivity index (χ3n) is 9.23. The maximum Gasteiger partial charge on any atom is 0.339 e. The van der Waals surface area contributed by atoms with E-state index in [9.17, 15) is 14.7 Å². The van der Waals surface area contributed by atoms with E-state index in [-0.39, 0.29) is 30.1 Å². The third-order valence-corrected chi connectivity index (χ3v) is 9.23. The molecule has 2 saturated heterocycles. The number of fused-ring (bicyclic) bond motifs is 5. The Morgan fingerprint density at radius 3 is 2.57 bits per heavy atom. The molecule has 0 aromatic heterocycles. The SMILES string of the molecule is CC1(C)O[C@@H]2C[C@H]3[C@@H]4C[C@H](F)C5=CC(=O)C=C[C@]5(C)[C@@]45O[C@H]5C[C@]3(C)[C@]2(C(=O)O)O1. The molecule has 4 aliphatic carbocycles. The minimum Gasteiger partial charge on any atom is -0.479 e. The van der Waals surface area contributed by atoms with Crippen LogP contribution in [0, 0.1) is 22.7 Å². The molecule has 6 aliphatic rings. The van der Waals surface area contributed by atoms with Gasteiger partial charge in [0.25, 0.3) is 0 Å². The quantitative estimate of drug-likeness (QED) is 0.659. The van der Waals surface area contributed by atoms with E-state index in [0.717, 1.165) is 0 Å². The highest BCUT2D eigenvalue weighted by atomic mass is 19.1. The number of alkyl halides is 1. The first-order valence-electron chi connectivity index (χ1n) is 10.8. The molecule has 6 nitrogen and oxygen atoms in total. The molecule has 1 spiro atoms. The van der Waals surface area contributed by atoms with Gasteiger partial charge in [-0.25, -0.2) is 9.18 Å². The van der Waals surface area contributed by atoms with Crippen LogP contribution in [0.4, 0.5) is 4.39 Å². The Balaban J connectivity index is 1.48. The highest BCUT2D eigenvalue weighted by molar-refractivity contribution is 6.01. The minimum absolute atomic E-state index is 0.115. The van der Waals surface area contributed by atoms with Crippen LogP contribution in [-0.4, -0.2) is 52.2 Å². The number of carbonyl (C=O) groups excluding carboxylic acids is 1. The number of hydrogen-bond donors (Lipinski definition) is 1. The van der Waals surface area contributed by atoms with Crippen LogP contribution in [0.25, 0.3) is 0 Å². The largest absolute Gasteiger partial charge is 0.479 e. The van der Waals surface area contributed by atoms with E-state index in [4.69, 9.17) is 14.2 Å². The lowest BCUT2D eigenvalue weighted by atomic mass is 9.46. The topological polar surface area (TPSA) is 85.4 Å². The molecule has 2 aliphatic heterocycles. The Labute approximate surface area is 174 Å². The second kappa shape index (κ2) is 5.08. The molecule has 3 saturated carbocycles. The van der Waals surface area contributed by atoms with Crippen molar-refractivity contribution in [2.45, 2.75) is 82.3 Å². The van der Waals surface area contributed by atoms with Gasteiger partial charge in [-0.3, -0.25) is 4.79 Å². The average molecular weight is 418 g/mol. The van der Waals surface area contributed by atoms with Gasteiger partial charge in [-0.05, 0) is 69.6 Å². The van der Waals surface area contributed by atoms with Crippen LogP contribution >= 0.6 is 0 Å². The van der Waals surface area contributed by atoms with E-state index in [2.05, 4.69) is 0 Å². The van der Waals surface area contributed by atoms with Gasteiger partial charge in [-0.2, -0.15) is 0 Å². The molecule has 7 heteroatoms. The van der Waals surface area contributed by atoms with Crippen molar-refractivity contribution in [3.05, 3.63) is 23.8 Å². The van der Waals surface area contributed by atoms with Crippen LogP contribution in [0.2, 0.25) is 0 Å². The Kier molecular flexibility index (Phi) is 3.24. The monoisotopic (exact) mass is 418 g/mol. The first-order valence-corrected chi connectivity index (χ1v) is 10.8. The average Bonchev–Trinajstić information content (AvgIpc) is 3.22. The Morgan fingerprint density at radius 1 is 1.13 bits per heavy atom. The van der Waals surface area contributed by atoms with Crippen LogP contribution in [0.3, 0.4) is 0 Å². The van der Waals surface area contributed by atoms with Crippen molar-refractivity contribution < 1.29 is 33.3 Å². The van der Waals surface area contributed by atoms with E-state index in [1.54, 1.807) is 13.8 Å². The molecule has 6 rings (SSSR count). The maximum absolute atomic E-state index is 15.5. The van der Waals surface area contributed by atoms with Gasteiger partial charge in [0.2, 0.25) is 0 Å². The first-order chi connectivity index (χ1) is 13.9. The number of aliphatic carboxylic acids is 1. The first kappa shape index (κ1) is 19.1. The molecule has 0 aromatic rings. The molecular weight excluding hydrogens is 391 g/mol. The summed E-state index contributed by atoms with van der Waals surface area (Å²) in [5.74, 6) is -2.48. The van der Waals surface area contributed by atoms with Gasteiger partial charge in [0.05, 0.1) is 6.10 Å². The lowest BCUT2D eigenvalue weighted by molar-refractivity contribution is -0.220. The van der Waals surface area contributed by atoms with Crippen molar-refractivity contribution in [1.29, 1.82) is 0 Å². The van der Waals surface area contributed by atoms with Crippen LogP contribution in [0.1, 0.15) is 47.0 Å².